The first kappa shape index (κ1) is 5.56. The van der Waals surface area contributed by atoms with Crippen molar-refractivity contribution in [1.29, 1.82) is 0 Å². The van der Waals surface area contributed by atoms with Crippen LogP contribution in [0.5, 0.6) is 0 Å². The van der Waals surface area contributed by atoms with Gasteiger partial charge in [0.15, 0.2) is 0 Å². The molecule has 1 amide bonds. The van der Waals surface area contributed by atoms with Gasteiger partial charge in [0.1, 0.15) is 11.4 Å². The summed E-state index contributed by atoms with van der Waals surface area (Å²) in [6.07, 6.45) is 0. The van der Waals surface area contributed by atoms with Crippen molar-refractivity contribution >= 4 is 17.7 Å². The van der Waals surface area contributed by atoms with Gasteiger partial charge in [0.25, 0.3) is 0 Å². The standard InChI is InChI=1S/C5H8N2OS/c1-2-6-3-4(8)7-5(3)9-2/h2-3,5-6H,1H3,(H,7,8). The fourth-order valence-corrected chi connectivity index (χ4v) is 2.35. The predicted molar refractivity (Wildman–Crippen MR) is 35.9 cm³/mol. The average Bonchev–Trinajstić information content (AvgIpc) is 2.08. The molecule has 0 bridgehead atoms. The van der Waals surface area contributed by atoms with Gasteiger partial charge < -0.3 is 5.32 Å². The van der Waals surface area contributed by atoms with E-state index in [2.05, 4.69) is 17.6 Å². The van der Waals surface area contributed by atoms with Gasteiger partial charge in [-0.25, -0.2) is 0 Å². The molecule has 2 N–H and O–H groups in total. The smallest absolute Gasteiger partial charge is 0.241 e. The fraction of sp³-hybridized carbons (Fsp3) is 0.800. The average molecular weight is 144 g/mol. The molecule has 2 fully saturated rings. The van der Waals surface area contributed by atoms with Gasteiger partial charge in [0.05, 0.1) is 5.37 Å². The first-order valence-corrected chi connectivity index (χ1v) is 3.93. The molecule has 4 heteroatoms. The molecule has 50 valence electrons. The van der Waals surface area contributed by atoms with Crippen molar-refractivity contribution in [3.63, 3.8) is 0 Å². The Bertz CT molecular complexity index is 161. The van der Waals surface area contributed by atoms with E-state index in [1.165, 1.54) is 0 Å². The zero-order valence-electron chi connectivity index (χ0n) is 5.05. The molecule has 2 aliphatic heterocycles. The number of fused-ring (bicyclic) bond motifs is 1. The van der Waals surface area contributed by atoms with Gasteiger partial charge in [-0.2, -0.15) is 0 Å². The molecule has 0 saturated carbocycles. The topological polar surface area (TPSA) is 41.1 Å². The number of thioether (sulfide) groups is 1. The highest BCUT2D eigenvalue weighted by Gasteiger charge is 2.45. The maximum absolute atomic E-state index is 10.7. The quantitative estimate of drug-likeness (QED) is 0.450. The molecule has 3 unspecified atom stereocenters. The SMILES string of the molecule is CC1NC2C(=O)NC2S1. The van der Waals surface area contributed by atoms with Gasteiger partial charge in [0, 0.05) is 0 Å². The van der Waals surface area contributed by atoms with Crippen molar-refractivity contribution in [2.45, 2.75) is 23.7 Å². The Labute approximate surface area is 57.6 Å². The Balaban J connectivity index is 2.08. The molecule has 0 aliphatic carbocycles. The highest BCUT2D eigenvalue weighted by molar-refractivity contribution is 8.00. The van der Waals surface area contributed by atoms with Crippen LogP contribution >= 0.6 is 11.8 Å². The maximum Gasteiger partial charge on any atom is 0.241 e. The lowest BCUT2D eigenvalue weighted by Gasteiger charge is -2.28. The Morgan fingerprint density at radius 2 is 2.44 bits per heavy atom. The van der Waals surface area contributed by atoms with Crippen LogP contribution in [0.1, 0.15) is 6.92 Å². The molecule has 9 heavy (non-hydrogen) atoms. The highest BCUT2D eigenvalue weighted by atomic mass is 32.2. The second-order valence-corrected chi connectivity index (χ2v) is 3.84. The van der Waals surface area contributed by atoms with Crippen molar-refractivity contribution in [2.24, 2.45) is 0 Å². The van der Waals surface area contributed by atoms with E-state index in [0.717, 1.165) is 0 Å². The first-order chi connectivity index (χ1) is 4.27. The zero-order valence-corrected chi connectivity index (χ0v) is 5.87. The van der Waals surface area contributed by atoms with E-state index in [1.807, 2.05) is 0 Å². The third-order valence-corrected chi connectivity index (χ3v) is 2.86. The molecule has 0 aromatic heterocycles. The van der Waals surface area contributed by atoms with Crippen molar-refractivity contribution in [3.05, 3.63) is 0 Å². The van der Waals surface area contributed by atoms with Gasteiger partial charge in [-0.15, -0.1) is 11.8 Å². The van der Waals surface area contributed by atoms with Crippen LogP contribution in [0.4, 0.5) is 0 Å². The number of nitrogens with one attached hydrogen (secondary N) is 2. The number of hydrogen-bond acceptors (Lipinski definition) is 3. The summed E-state index contributed by atoms with van der Waals surface area (Å²) in [6.45, 7) is 2.07. The van der Waals surface area contributed by atoms with Crippen LogP contribution in [0.3, 0.4) is 0 Å². The van der Waals surface area contributed by atoms with Crippen molar-refractivity contribution in [2.75, 3.05) is 0 Å². The Kier molecular flexibility index (Phi) is 1.01. The molecular formula is C5H8N2OS. The number of β-lactam (4-membered cyclic amide) rings is 1. The van der Waals surface area contributed by atoms with E-state index < -0.39 is 0 Å². The number of rotatable bonds is 0. The summed E-state index contributed by atoms with van der Waals surface area (Å²) < 4.78 is 0. The number of carbonyl (C=O) groups excluding carboxylic acids is 1. The van der Waals surface area contributed by atoms with E-state index in [9.17, 15) is 4.79 Å². The van der Waals surface area contributed by atoms with Gasteiger partial charge in [0.2, 0.25) is 5.91 Å². The van der Waals surface area contributed by atoms with E-state index >= 15 is 0 Å². The third-order valence-electron chi connectivity index (χ3n) is 1.63. The van der Waals surface area contributed by atoms with Crippen LogP contribution in [-0.4, -0.2) is 22.7 Å². The molecule has 0 spiro atoms. The van der Waals surface area contributed by atoms with Crippen molar-refractivity contribution in [1.82, 2.24) is 10.6 Å². The summed E-state index contributed by atoms with van der Waals surface area (Å²) >= 11 is 1.78. The molecule has 3 nitrogen and oxygen atoms in total. The van der Waals surface area contributed by atoms with Crippen LogP contribution in [0.2, 0.25) is 0 Å². The van der Waals surface area contributed by atoms with Crippen LogP contribution in [0.15, 0.2) is 0 Å². The van der Waals surface area contributed by atoms with Gasteiger partial charge in [-0.05, 0) is 6.92 Å². The first-order valence-electron chi connectivity index (χ1n) is 2.99. The summed E-state index contributed by atoms with van der Waals surface area (Å²) in [4.78, 5) is 10.7. The molecule has 2 heterocycles. The molecule has 2 aliphatic rings. The predicted octanol–water partition coefficient (Wildman–Crippen LogP) is -0.507. The van der Waals surface area contributed by atoms with E-state index in [-0.39, 0.29) is 11.9 Å². The molecule has 3 atom stereocenters. The van der Waals surface area contributed by atoms with Crippen LogP contribution in [0.25, 0.3) is 0 Å². The molecule has 0 radical (unpaired) electrons. The van der Waals surface area contributed by atoms with Gasteiger partial charge in [-0.1, -0.05) is 0 Å². The number of carbonyl (C=O) groups is 1. The second-order valence-electron chi connectivity index (χ2n) is 2.35. The third kappa shape index (κ3) is 0.664. The van der Waals surface area contributed by atoms with Crippen LogP contribution in [-0.2, 0) is 4.79 Å². The summed E-state index contributed by atoms with van der Waals surface area (Å²) in [5.41, 5.74) is 0. The molecular weight excluding hydrogens is 136 g/mol. The highest BCUT2D eigenvalue weighted by Crippen LogP contribution is 2.30. The summed E-state index contributed by atoms with van der Waals surface area (Å²) in [6, 6.07) is 0.102. The van der Waals surface area contributed by atoms with Gasteiger partial charge in [-0.3, -0.25) is 10.1 Å². The lowest BCUT2D eigenvalue weighted by atomic mass is 10.1. The number of amides is 1. The largest absolute Gasteiger partial charge is 0.341 e. The molecule has 0 aromatic carbocycles. The minimum atomic E-state index is 0.102. The lowest BCUT2D eigenvalue weighted by Crippen LogP contribution is -2.62. The molecule has 2 rings (SSSR count). The monoisotopic (exact) mass is 144 g/mol. The lowest BCUT2D eigenvalue weighted by molar-refractivity contribution is -0.128. The second kappa shape index (κ2) is 1.64. The maximum atomic E-state index is 10.7. The van der Waals surface area contributed by atoms with E-state index in [0.29, 0.717) is 10.7 Å². The molecule has 0 aromatic rings. The van der Waals surface area contributed by atoms with Crippen molar-refractivity contribution in [3.8, 4) is 0 Å². The summed E-state index contributed by atoms with van der Waals surface area (Å²) in [7, 11) is 0. The Hall–Kier alpha value is -0.220. The summed E-state index contributed by atoms with van der Waals surface area (Å²) in [5, 5.41) is 6.73. The van der Waals surface area contributed by atoms with E-state index in [4.69, 9.17) is 0 Å². The fourth-order valence-electron chi connectivity index (χ4n) is 1.14. The zero-order chi connectivity index (χ0) is 6.43. The summed E-state index contributed by atoms with van der Waals surface area (Å²) in [5.74, 6) is 0.150. The van der Waals surface area contributed by atoms with Crippen LogP contribution < -0.4 is 10.6 Å². The molecule has 2 saturated heterocycles. The minimum absolute atomic E-state index is 0.102. The van der Waals surface area contributed by atoms with Gasteiger partial charge >= 0.3 is 0 Å². The normalized spacial score (nSPS) is 47.7. The van der Waals surface area contributed by atoms with E-state index in [1.54, 1.807) is 11.8 Å². The Morgan fingerprint density at radius 3 is 2.89 bits per heavy atom. The van der Waals surface area contributed by atoms with Crippen molar-refractivity contribution < 1.29 is 4.79 Å². The number of hydrogen-bond donors (Lipinski definition) is 2. The minimum Gasteiger partial charge on any atom is -0.341 e. The Morgan fingerprint density at radius 1 is 1.67 bits per heavy atom. The van der Waals surface area contributed by atoms with Crippen LogP contribution in [0, 0.1) is 0 Å².